The number of hydrogen-bond acceptors (Lipinski definition) is 7. The number of H-pyrrole nitrogens is 1. The zero-order valence-corrected chi connectivity index (χ0v) is 6.56. The Morgan fingerprint density at radius 3 is 2.92 bits per heavy atom. The lowest BCUT2D eigenvalue weighted by Crippen LogP contribution is -1.77. The number of nitrogens with one attached hydrogen (secondary N) is 1. The summed E-state index contributed by atoms with van der Waals surface area (Å²) in [5.74, 6) is 1.11. The van der Waals surface area contributed by atoms with Crippen LogP contribution in [0.1, 0.15) is 11.6 Å². The predicted molar refractivity (Wildman–Crippen MR) is 40.8 cm³/mol. The summed E-state index contributed by atoms with van der Waals surface area (Å²) in [6.45, 7) is 0. The SMILES string of the molecule is C(=Cc1nnn[nH]1)c1nnsn1. The van der Waals surface area contributed by atoms with Crippen LogP contribution in [0.2, 0.25) is 0 Å². The number of hydrogen-bond donors (Lipinski definition) is 1. The molecule has 7 nitrogen and oxygen atoms in total. The molecule has 2 aromatic rings. The van der Waals surface area contributed by atoms with E-state index in [4.69, 9.17) is 0 Å². The lowest BCUT2D eigenvalue weighted by Gasteiger charge is -1.76. The molecule has 8 heteroatoms. The predicted octanol–water partition coefficient (Wildman–Crippen LogP) is -0.383. The number of tetrazole rings is 1. The molecule has 12 heavy (non-hydrogen) atoms. The lowest BCUT2D eigenvalue weighted by molar-refractivity contribution is 0.881. The number of rotatable bonds is 2. The highest BCUT2D eigenvalue weighted by molar-refractivity contribution is 6.98. The Hall–Kier alpha value is -1.70. The van der Waals surface area contributed by atoms with E-state index in [1.54, 1.807) is 12.2 Å². The van der Waals surface area contributed by atoms with E-state index >= 15 is 0 Å². The van der Waals surface area contributed by atoms with Crippen molar-refractivity contribution in [3.05, 3.63) is 11.6 Å². The van der Waals surface area contributed by atoms with Gasteiger partial charge in [-0.1, -0.05) is 4.49 Å². The molecule has 0 amide bonds. The summed E-state index contributed by atoms with van der Waals surface area (Å²) in [5.41, 5.74) is 0. The van der Waals surface area contributed by atoms with Crippen LogP contribution in [-0.2, 0) is 0 Å². The van der Waals surface area contributed by atoms with Gasteiger partial charge in [0.15, 0.2) is 11.6 Å². The van der Waals surface area contributed by atoms with Crippen LogP contribution in [0.4, 0.5) is 0 Å². The third-order valence-electron chi connectivity index (χ3n) is 1.07. The quantitative estimate of drug-likeness (QED) is 0.678. The van der Waals surface area contributed by atoms with Gasteiger partial charge in [-0.25, -0.2) is 5.10 Å². The minimum absolute atomic E-state index is 0.552. The van der Waals surface area contributed by atoms with Crippen molar-refractivity contribution in [1.82, 2.24) is 34.6 Å². The molecule has 0 spiro atoms. The molecule has 2 rings (SSSR count). The summed E-state index contributed by atoms with van der Waals surface area (Å²) in [6.07, 6.45) is 3.34. The van der Waals surface area contributed by atoms with Gasteiger partial charge in [-0.2, -0.15) is 4.37 Å². The molecule has 0 aromatic carbocycles. The monoisotopic (exact) mass is 181 g/mol. The lowest BCUT2D eigenvalue weighted by atomic mass is 10.5. The molecule has 2 aromatic heterocycles. The molecule has 2 heterocycles. The van der Waals surface area contributed by atoms with Crippen molar-refractivity contribution in [1.29, 1.82) is 0 Å². The van der Waals surface area contributed by atoms with Gasteiger partial charge >= 0.3 is 0 Å². The molecule has 1 N–H and O–H groups in total. The van der Waals surface area contributed by atoms with E-state index in [1.807, 2.05) is 0 Å². The third kappa shape index (κ3) is 1.48. The first-order chi connectivity index (χ1) is 5.95. The molecule has 0 saturated heterocycles. The van der Waals surface area contributed by atoms with E-state index in [0.29, 0.717) is 11.6 Å². The van der Waals surface area contributed by atoms with E-state index in [0.717, 1.165) is 11.7 Å². The summed E-state index contributed by atoms with van der Waals surface area (Å²) >= 11 is 1.05. The number of aromatic amines is 1. The zero-order valence-electron chi connectivity index (χ0n) is 5.75. The maximum absolute atomic E-state index is 3.87. The maximum atomic E-state index is 3.87. The first-order valence-corrected chi connectivity index (χ1v) is 3.75. The Bertz CT molecular complexity index is 312. The van der Waals surface area contributed by atoms with E-state index in [2.05, 4.69) is 34.6 Å². The highest BCUT2D eigenvalue weighted by Crippen LogP contribution is 1.96. The average molecular weight is 181 g/mol. The van der Waals surface area contributed by atoms with Gasteiger partial charge in [-0.3, -0.25) is 0 Å². The van der Waals surface area contributed by atoms with E-state index < -0.39 is 0 Å². The number of aromatic nitrogens is 7. The molecule has 0 saturated carbocycles. The molecule has 0 radical (unpaired) electrons. The zero-order chi connectivity index (χ0) is 8.23. The first-order valence-electron chi connectivity index (χ1n) is 3.02. The van der Waals surface area contributed by atoms with Gasteiger partial charge in [-0.05, 0) is 22.6 Å². The van der Waals surface area contributed by atoms with Crippen LogP contribution in [0, 0.1) is 0 Å². The van der Waals surface area contributed by atoms with E-state index in [9.17, 15) is 0 Å². The van der Waals surface area contributed by atoms with Crippen molar-refractivity contribution in [3.8, 4) is 0 Å². The normalized spacial score (nSPS) is 11.0. The van der Waals surface area contributed by atoms with Gasteiger partial charge in [0.25, 0.3) is 0 Å². The van der Waals surface area contributed by atoms with Crippen LogP contribution in [-0.4, -0.2) is 34.6 Å². The third-order valence-corrected chi connectivity index (χ3v) is 1.49. The van der Waals surface area contributed by atoms with Gasteiger partial charge < -0.3 is 0 Å². The van der Waals surface area contributed by atoms with Crippen LogP contribution >= 0.6 is 11.7 Å². The standard InChI is InChI=1S/C4H3N7S/c1(3-5-9-10-6-3)2-4-7-11-12-8-4/h1-2H,(H,5,6,9,10). The average Bonchev–Trinajstić information content (AvgIpc) is 2.74. The van der Waals surface area contributed by atoms with Crippen LogP contribution in [0.5, 0.6) is 0 Å². The van der Waals surface area contributed by atoms with Crippen molar-refractivity contribution >= 4 is 23.9 Å². The largest absolute Gasteiger partial charge is 0.239 e. The summed E-state index contributed by atoms with van der Waals surface area (Å²) in [7, 11) is 0. The van der Waals surface area contributed by atoms with E-state index in [1.165, 1.54) is 0 Å². The van der Waals surface area contributed by atoms with E-state index in [-0.39, 0.29) is 0 Å². The fourth-order valence-corrected chi connectivity index (χ4v) is 0.930. The summed E-state index contributed by atoms with van der Waals surface area (Å²) in [4.78, 5) is 0. The minimum atomic E-state index is 0.552. The molecule has 0 fully saturated rings. The summed E-state index contributed by atoms with van der Waals surface area (Å²) in [6, 6.07) is 0. The molecule has 60 valence electrons. The van der Waals surface area contributed by atoms with Crippen molar-refractivity contribution in [2.24, 2.45) is 0 Å². The summed E-state index contributed by atoms with van der Waals surface area (Å²) in [5, 5.41) is 16.7. The van der Waals surface area contributed by atoms with Crippen molar-refractivity contribution in [2.45, 2.75) is 0 Å². The second kappa shape index (κ2) is 3.13. The highest BCUT2D eigenvalue weighted by Gasteiger charge is 1.92. The molecule has 0 bridgehead atoms. The molecular weight excluding hydrogens is 178 g/mol. The molecule has 0 aliphatic carbocycles. The molecular formula is C4H3N7S. The van der Waals surface area contributed by atoms with Gasteiger partial charge in [0.1, 0.15) is 0 Å². The Labute approximate surface area is 70.9 Å². The Morgan fingerprint density at radius 1 is 1.25 bits per heavy atom. The fourth-order valence-electron chi connectivity index (χ4n) is 0.593. The number of nitrogens with zero attached hydrogens (tertiary/aromatic N) is 6. The second-order valence-electron chi connectivity index (χ2n) is 1.83. The molecule has 0 unspecified atom stereocenters. The Kier molecular flexibility index (Phi) is 1.82. The van der Waals surface area contributed by atoms with Crippen molar-refractivity contribution in [3.63, 3.8) is 0 Å². The van der Waals surface area contributed by atoms with Gasteiger partial charge in [0.2, 0.25) is 0 Å². The smallest absolute Gasteiger partial charge is 0.189 e. The van der Waals surface area contributed by atoms with Crippen LogP contribution in [0.3, 0.4) is 0 Å². The Morgan fingerprint density at radius 2 is 2.25 bits per heavy atom. The van der Waals surface area contributed by atoms with Gasteiger partial charge in [-0.15, -0.1) is 10.2 Å². The topological polar surface area (TPSA) is 93.1 Å². The van der Waals surface area contributed by atoms with Crippen LogP contribution in [0.25, 0.3) is 12.2 Å². The molecule has 0 aliphatic rings. The van der Waals surface area contributed by atoms with Crippen LogP contribution < -0.4 is 0 Å². The minimum Gasteiger partial charge on any atom is -0.239 e. The second-order valence-corrected chi connectivity index (χ2v) is 2.34. The highest BCUT2D eigenvalue weighted by atomic mass is 32.1. The van der Waals surface area contributed by atoms with Crippen molar-refractivity contribution < 1.29 is 0 Å². The van der Waals surface area contributed by atoms with Gasteiger partial charge in [0.05, 0.1) is 11.7 Å². The van der Waals surface area contributed by atoms with Crippen molar-refractivity contribution in [2.75, 3.05) is 0 Å². The Balaban J connectivity index is 2.14. The molecule has 0 atom stereocenters. The first kappa shape index (κ1) is 6.98. The molecule has 0 aliphatic heterocycles. The van der Waals surface area contributed by atoms with Gasteiger partial charge in [0, 0.05) is 0 Å². The summed E-state index contributed by atoms with van der Waals surface area (Å²) < 4.78 is 7.46. The fraction of sp³-hybridized carbons (Fsp3) is 0. The van der Waals surface area contributed by atoms with Crippen LogP contribution in [0.15, 0.2) is 0 Å². The maximum Gasteiger partial charge on any atom is 0.189 e.